The van der Waals surface area contributed by atoms with Crippen LogP contribution in [0.2, 0.25) is 0 Å². The predicted octanol–water partition coefficient (Wildman–Crippen LogP) is 6.01. The largest absolute Gasteiger partial charge is 0.445 e. The Morgan fingerprint density at radius 3 is 2.44 bits per heavy atom. The number of ether oxygens (including phenoxy) is 1. The van der Waals surface area contributed by atoms with Crippen LogP contribution in [0.3, 0.4) is 0 Å². The maximum atomic E-state index is 14.0. The molecule has 3 aromatic carbocycles. The molecule has 0 spiro atoms. The first kappa shape index (κ1) is 29.0. The summed E-state index contributed by atoms with van der Waals surface area (Å²) >= 11 is 1.27. The average molecular weight is 593 g/mol. The number of alkyl carbamates (subject to hydrolysis) is 1. The third-order valence-corrected chi connectivity index (χ3v) is 10.4. The number of anilines is 1. The van der Waals surface area contributed by atoms with Gasteiger partial charge in [0, 0.05) is 19.0 Å². The summed E-state index contributed by atoms with van der Waals surface area (Å²) in [6.07, 6.45) is 0.186. The van der Waals surface area contributed by atoms with Crippen molar-refractivity contribution in [2.45, 2.75) is 50.2 Å². The van der Waals surface area contributed by atoms with E-state index in [1.165, 1.54) is 11.3 Å². The van der Waals surface area contributed by atoms with E-state index in [4.69, 9.17) is 10.5 Å². The highest BCUT2D eigenvalue weighted by atomic mass is 32.2. The molecular formula is C31H36N4O4S2. The number of rotatable bonds is 11. The molecule has 1 heterocycles. The van der Waals surface area contributed by atoms with Gasteiger partial charge in [0.2, 0.25) is 10.0 Å². The van der Waals surface area contributed by atoms with Gasteiger partial charge in [-0.3, -0.25) is 0 Å². The summed E-state index contributed by atoms with van der Waals surface area (Å²) in [5.74, 6) is -0.0555. The van der Waals surface area contributed by atoms with E-state index in [9.17, 15) is 13.2 Å². The normalized spacial score (nSPS) is 19.4. The molecule has 10 heteroatoms. The van der Waals surface area contributed by atoms with E-state index in [1.807, 2.05) is 69.3 Å². The van der Waals surface area contributed by atoms with Crippen molar-refractivity contribution in [3.63, 3.8) is 0 Å². The van der Waals surface area contributed by atoms with Gasteiger partial charge in [0.15, 0.2) is 5.13 Å². The number of amides is 1. The Kier molecular flexibility index (Phi) is 8.35. The van der Waals surface area contributed by atoms with Crippen LogP contribution >= 0.6 is 11.3 Å². The zero-order valence-corrected chi connectivity index (χ0v) is 25.1. The Bertz CT molecular complexity index is 1610. The van der Waals surface area contributed by atoms with Gasteiger partial charge in [0.25, 0.3) is 0 Å². The van der Waals surface area contributed by atoms with Crippen LogP contribution in [0.25, 0.3) is 10.2 Å². The van der Waals surface area contributed by atoms with Crippen LogP contribution in [-0.2, 0) is 21.4 Å². The smallest absolute Gasteiger partial charge is 0.407 e. The number of benzene rings is 3. The summed E-state index contributed by atoms with van der Waals surface area (Å²) in [5.41, 5.74) is 7.89. The molecule has 3 atom stereocenters. The van der Waals surface area contributed by atoms with Crippen LogP contribution in [0.1, 0.15) is 44.2 Å². The van der Waals surface area contributed by atoms with Crippen LogP contribution in [0.15, 0.2) is 83.8 Å². The van der Waals surface area contributed by atoms with Crippen LogP contribution in [0, 0.1) is 11.8 Å². The fourth-order valence-corrected chi connectivity index (χ4v) is 8.08. The Morgan fingerprint density at radius 2 is 1.76 bits per heavy atom. The molecule has 41 heavy (non-hydrogen) atoms. The number of aromatic nitrogens is 1. The summed E-state index contributed by atoms with van der Waals surface area (Å²) in [6.45, 7) is 6.76. The number of thiazole rings is 1. The lowest BCUT2D eigenvalue weighted by Gasteiger charge is -2.32. The third-order valence-electron chi connectivity index (χ3n) is 7.69. The molecule has 1 saturated carbocycles. The number of carbonyl (C=O) groups excluding carboxylic acids is 1. The minimum atomic E-state index is -3.84. The van der Waals surface area contributed by atoms with E-state index in [0.29, 0.717) is 23.6 Å². The highest BCUT2D eigenvalue weighted by Gasteiger charge is 2.60. The standard InChI is InChI=1S/C31H36N4O4S2/c1-21(2)18-35(41(37,38)25-14-15-27-28(16-25)40-29(32)33-27)19-22(3)31(17-26(31)24-12-8-5-9-13-24)34-30(36)39-20-23-10-6-4-7-11-23/h4-16,21-22,26H,17-20H2,1-3H3,(H2,32,33)(H,34,36)/t22-,26?,31?/m1/s1. The number of carbonyl (C=O) groups is 1. The van der Waals surface area contributed by atoms with Gasteiger partial charge in [-0.1, -0.05) is 92.8 Å². The molecule has 0 bridgehead atoms. The zero-order chi connectivity index (χ0) is 29.2. The molecule has 4 aromatic rings. The molecule has 1 aliphatic carbocycles. The van der Waals surface area contributed by atoms with Crippen molar-refractivity contribution in [2.75, 3.05) is 18.8 Å². The van der Waals surface area contributed by atoms with E-state index in [2.05, 4.69) is 22.4 Å². The SMILES string of the molecule is CC(C)CN(C[C@@H](C)C1(NC(=O)OCc2ccccc2)CC1c1ccccc1)S(=O)(=O)c1ccc2nc(N)sc2c1. The number of nitrogens with zero attached hydrogens (tertiary/aromatic N) is 2. The highest BCUT2D eigenvalue weighted by molar-refractivity contribution is 7.89. The molecule has 1 fully saturated rings. The van der Waals surface area contributed by atoms with E-state index >= 15 is 0 Å². The molecule has 1 amide bonds. The topological polar surface area (TPSA) is 115 Å². The molecule has 216 valence electrons. The number of hydrogen-bond acceptors (Lipinski definition) is 7. The van der Waals surface area contributed by atoms with E-state index in [0.717, 1.165) is 15.8 Å². The van der Waals surface area contributed by atoms with Crippen molar-refractivity contribution in [1.82, 2.24) is 14.6 Å². The van der Waals surface area contributed by atoms with Crippen molar-refractivity contribution in [2.24, 2.45) is 11.8 Å². The van der Waals surface area contributed by atoms with Crippen molar-refractivity contribution in [1.29, 1.82) is 0 Å². The first-order chi connectivity index (χ1) is 19.6. The van der Waals surface area contributed by atoms with Crippen LogP contribution in [0.5, 0.6) is 0 Å². The summed E-state index contributed by atoms with van der Waals surface area (Å²) in [6, 6.07) is 24.5. The predicted molar refractivity (Wildman–Crippen MR) is 163 cm³/mol. The third kappa shape index (κ3) is 6.39. The minimum Gasteiger partial charge on any atom is -0.445 e. The maximum Gasteiger partial charge on any atom is 0.407 e. The molecule has 0 aliphatic heterocycles. The minimum absolute atomic E-state index is 0.0445. The van der Waals surface area contributed by atoms with Gasteiger partial charge in [-0.2, -0.15) is 4.31 Å². The van der Waals surface area contributed by atoms with Crippen molar-refractivity contribution in [3.8, 4) is 0 Å². The average Bonchev–Trinajstić information content (AvgIpc) is 3.55. The quantitative estimate of drug-likeness (QED) is 0.220. The Balaban J connectivity index is 1.40. The maximum absolute atomic E-state index is 14.0. The molecule has 0 radical (unpaired) electrons. The summed E-state index contributed by atoms with van der Waals surface area (Å²) in [5, 5.41) is 3.56. The monoisotopic (exact) mass is 592 g/mol. The number of nitrogen functional groups attached to an aromatic ring is 1. The van der Waals surface area contributed by atoms with Gasteiger partial charge in [-0.15, -0.1) is 0 Å². The molecule has 3 N–H and O–H groups in total. The second-order valence-corrected chi connectivity index (χ2v) is 14.2. The summed E-state index contributed by atoms with van der Waals surface area (Å²) in [7, 11) is -3.84. The van der Waals surface area contributed by atoms with Crippen molar-refractivity contribution in [3.05, 3.63) is 90.0 Å². The molecule has 1 aliphatic rings. The fraction of sp³-hybridized carbons (Fsp3) is 0.355. The molecular weight excluding hydrogens is 556 g/mol. The second-order valence-electron chi connectivity index (χ2n) is 11.2. The zero-order valence-electron chi connectivity index (χ0n) is 23.5. The fourth-order valence-electron chi connectivity index (χ4n) is 5.51. The van der Waals surface area contributed by atoms with E-state index < -0.39 is 21.7 Å². The summed E-state index contributed by atoms with van der Waals surface area (Å²) in [4.78, 5) is 17.5. The van der Waals surface area contributed by atoms with Gasteiger partial charge >= 0.3 is 6.09 Å². The number of fused-ring (bicyclic) bond motifs is 1. The molecule has 8 nitrogen and oxygen atoms in total. The van der Waals surface area contributed by atoms with Crippen molar-refractivity contribution >= 4 is 42.8 Å². The van der Waals surface area contributed by atoms with Gasteiger partial charge in [0.05, 0.1) is 20.7 Å². The van der Waals surface area contributed by atoms with Crippen LogP contribution in [-0.4, -0.2) is 42.4 Å². The lowest BCUT2D eigenvalue weighted by Crippen LogP contribution is -2.48. The summed E-state index contributed by atoms with van der Waals surface area (Å²) < 4.78 is 35.9. The van der Waals surface area contributed by atoms with E-state index in [1.54, 1.807) is 22.5 Å². The Labute approximate surface area is 245 Å². The lowest BCUT2D eigenvalue weighted by molar-refractivity contribution is 0.127. The van der Waals surface area contributed by atoms with Gasteiger partial charge in [0.1, 0.15) is 6.61 Å². The number of nitrogens with two attached hydrogens (primary N) is 1. The Morgan fingerprint density at radius 1 is 1.07 bits per heavy atom. The number of nitrogens with one attached hydrogen (secondary N) is 1. The first-order valence-electron chi connectivity index (χ1n) is 13.8. The molecule has 1 aromatic heterocycles. The van der Waals surface area contributed by atoms with Crippen LogP contribution in [0.4, 0.5) is 9.93 Å². The highest BCUT2D eigenvalue weighted by Crippen LogP contribution is 2.56. The molecule has 0 saturated heterocycles. The number of hydrogen-bond donors (Lipinski definition) is 2. The second kappa shape index (κ2) is 11.8. The first-order valence-corrected chi connectivity index (χ1v) is 16.0. The molecule has 5 rings (SSSR count). The Hall–Kier alpha value is -3.47. The molecule has 2 unspecified atom stereocenters. The van der Waals surface area contributed by atoms with Gasteiger partial charge < -0.3 is 15.8 Å². The van der Waals surface area contributed by atoms with E-state index in [-0.39, 0.29) is 35.8 Å². The van der Waals surface area contributed by atoms with Crippen molar-refractivity contribution < 1.29 is 17.9 Å². The number of sulfonamides is 1. The lowest BCUT2D eigenvalue weighted by atomic mass is 9.94. The van der Waals surface area contributed by atoms with Gasteiger partial charge in [-0.05, 0) is 47.6 Å². The van der Waals surface area contributed by atoms with Crippen LogP contribution < -0.4 is 11.1 Å². The van der Waals surface area contributed by atoms with Gasteiger partial charge in [-0.25, -0.2) is 18.2 Å².